The van der Waals surface area contributed by atoms with Crippen LogP contribution in [0.15, 0.2) is 41.1 Å². The molecule has 1 N–H and O–H groups in total. The summed E-state index contributed by atoms with van der Waals surface area (Å²) in [6.45, 7) is 0.694. The molecule has 1 heterocycles. The highest BCUT2D eigenvalue weighted by Gasteiger charge is 2.30. The lowest BCUT2D eigenvalue weighted by atomic mass is 10.1. The van der Waals surface area contributed by atoms with E-state index in [2.05, 4.69) is 26.3 Å². The van der Waals surface area contributed by atoms with E-state index in [-0.39, 0.29) is 12.1 Å². The van der Waals surface area contributed by atoms with Crippen LogP contribution in [0.25, 0.3) is 0 Å². The van der Waals surface area contributed by atoms with Gasteiger partial charge < -0.3 is 5.32 Å². The van der Waals surface area contributed by atoms with Gasteiger partial charge in [0.15, 0.2) is 0 Å². The minimum absolute atomic E-state index is 0.0218. The molecule has 0 aliphatic heterocycles. The Hall–Kier alpha value is -1.83. The number of hydrogen-bond acceptors (Lipinski definition) is 2. The first-order chi connectivity index (χ1) is 9.86. The van der Waals surface area contributed by atoms with E-state index < -0.39 is 17.6 Å². The topological polar surface area (TPSA) is 46.9 Å². The Kier molecular flexibility index (Phi) is 4.66. The maximum absolute atomic E-state index is 12.6. The lowest BCUT2D eigenvalue weighted by Gasteiger charge is -2.09. The van der Waals surface area contributed by atoms with Crippen molar-refractivity contribution in [2.24, 2.45) is 0 Å². The number of nitrogens with one attached hydrogen (secondary N) is 1. The number of carbonyl (C=O) groups is 1. The van der Waals surface area contributed by atoms with Gasteiger partial charge in [-0.15, -0.1) is 0 Å². The van der Waals surface area contributed by atoms with E-state index in [0.29, 0.717) is 6.54 Å². The molecule has 21 heavy (non-hydrogen) atoms. The second-order valence-electron chi connectivity index (χ2n) is 4.26. The van der Waals surface area contributed by atoms with Crippen molar-refractivity contribution < 1.29 is 18.0 Å². The molecule has 0 spiro atoms. The number of nitrogens with zero attached hydrogens (tertiary/aromatic N) is 2. The number of carbonyl (C=O) groups excluding carboxylic acids is 1. The lowest BCUT2D eigenvalue weighted by molar-refractivity contribution is -0.137. The standard InChI is InChI=1S/C13H11BrF3N3O/c14-11-7-19-20(8-11)5-4-18-12(21)9-2-1-3-10(6-9)13(15,16)17/h1-3,6-8H,4-5H2,(H,18,21). The Bertz CT molecular complexity index is 640. The number of hydrogen-bond donors (Lipinski definition) is 1. The molecule has 8 heteroatoms. The van der Waals surface area contributed by atoms with Gasteiger partial charge in [-0.25, -0.2) is 0 Å². The second kappa shape index (κ2) is 6.30. The van der Waals surface area contributed by atoms with Crippen molar-refractivity contribution in [1.29, 1.82) is 0 Å². The minimum atomic E-state index is -4.46. The monoisotopic (exact) mass is 361 g/mol. The van der Waals surface area contributed by atoms with Crippen LogP contribution in [0, 0.1) is 0 Å². The van der Waals surface area contributed by atoms with Crippen LogP contribution in [0.5, 0.6) is 0 Å². The highest BCUT2D eigenvalue weighted by Crippen LogP contribution is 2.29. The van der Waals surface area contributed by atoms with Gasteiger partial charge in [0.1, 0.15) is 0 Å². The first kappa shape index (κ1) is 15.6. The summed E-state index contributed by atoms with van der Waals surface area (Å²) in [5.74, 6) is -0.549. The predicted octanol–water partition coefficient (Wildman–Crippen LogP) is 3.09. The van der Waals surface area contributed by atoms with Crippen molar-refractivity contribution >= 4 is 21.8 Å². The molecule has 112 valence electrons. The van der Waals surface area contributed by atoms with Crippen LogP contribution in [-0.4, -0.2) is 22.2 Å². The van der Waals surface area contributed by atoms with Crippen LogP contribution in [0.4, 0.5) is 13.2 Å². The molecule has 4 nitrogen and oxygen atoms in total. The van der Waals surface area contributed by atoms with Crippen LogP contribution in [0.3, 0.4) is 0 Å². The molecule has 1 aromatic carbocycles. The fraction of sp³-hybridized carbons (Fsp3) is 0.231. The molecule has 0 aliphatic rings. The van der Waals surface area contributed by atoms with Crippen molar-refractivity contribution in [3.63, 3.8) is 0 Å². The van der Waals surface area contributed by atoms with Gasteiger partial charge in [-0.1, -0.05) is 6.07 Å². The summed E-state index contributed by atoms with van der Waals surface area (Å²) >= 11 is 3.24. The maximum atomic E-state index is 12.6. The highest BCUT2D eigenvalue weighted by molar-refractivity contribution is 9.10. The zero-order valence-electron chi connectivity index (χ0n) is 10.7. The molecule has 0 saturated carbocycles. The summed E-state index contributed by atoms with van der Waals surface area (Å²) in [4.78, 5) is 11.8. The predicted molar refractivity (Wildman–Crippen MR) is 73.7 cm³/mol. The molecule has 0 radical (unpaired) electrons. The van der Waals surface area contributed by atoms with Crippen molar-refractivity contribution in [1.82, 2.24) is 15.1 Å². The number of halogens is 4. The molecule has 0 aliphatic carbocycles. The van der Waals surface area contributed by atoms with E-state index in [1.54, 1.807) is 17.1 Å². The zero-order chi connectivity index (χ0) is 15.5. The van der Waals surface area contributed by atoms with Gasteiger partial charge in [-0.3, -0.25) is 9.48 Å². The van der Waals surface area contributed by atoms with Gasteiger partial charge in [0, 0.05) is 18.3 Å². The van der Waals surface area contributed by atoms with Crippen LogP contribution in [0.1, 0.15) is 15.9 Å². The van der Waals surface area contributed by atoms with Crippen molar-refractivity contribution in [3.8, 4) is 0 Å². The number of benzene rings is 1. The largest absolute Gasteiger partial charge is 0.416 e. The summed E-state index contributed by atoms with van der Waals surface area (Å²) in [6.07, 6.45) is -1.12. The molecule has 2 aromatic rings. The molecule has 2 rings (SSSR count). The molecular formula is C13H11BrF3N3O. The first-order valence-electron chi connectivity index (χ1n) is 5.99. The minimum Gasteiger partial charge on any atom is -0.350 e. The van der Waals surface area contributed by atoms with Gasteiger partial charge in [-0.05, 0) is 34.1 Å². The van der Waals surface area contributed by atoms with Gasteiger partial charge in [0.05, 0.1) is 22.8 Å². The van der Waals surface area contributed by atoms with Gasteiger partial charge in [-0.2, -0.15) is 18.3 Å². The van der Waals surface area contributed by atoms with E-state index in [0.717, 1.165) is 16.6 Å². The van der Waals surface area contributed by atoms with E-state index >= 15 is 0 Å². The van der Waals surface area contributed by atoms with Crippen LogP contribution >= 0.6 is 15.9 Å². The third-order valence-electron chi connectivity index (χ3n) is 2.68. The number of amides is 1. The summed E-state index contributed by atoms with van der Waals surface area (Å²) in [5, 5.41) is 6.55. The van der Waals surface area contributed by atoms with Crippen molar-refractivity contribution in [3.05, 3.63) is 52.3 Å². The fourth-order valence-corrected chi connectivity index (χ4v) is 2.01. The Morgan fingerprint density at radius 3 is 2.76 bits per heavy atom. The summed E-state index contributed by atoms with van der Waals surface area (Å²) < 4.78 is 40.1. The third kappa shape index (κ3) is 4.32. The summed E-state index contributed by atoms with van der Waals surface area (Å²) in [5.41, 5.74) is -0.863. The van der Waals surface area contributed by atoms with E-state index in [1.165, 1.54) is 12.1 Å². The molecule has 0 unspecified atom stereocenters. The number of alkyl halides is 3. The molecule has 0 atom stereocenters. The maximum Gasteiger partial charge on any atom is 0.416 e. The fourth-order valence-electron chi connectivity index (χ4n) is 1.68. The molecule has 1 aromatic heterocycles. The lowest BCUT2D eigenvalue weighted by Crippen LogP contribution is -2.27. The first-order valence-corrected chi connectivity index (χ1v) is 6.79. The summed E-state index contributed by atoms with van der Waals surface area (Å²) in [6, 6.07) is 4.31. The Labute approximate surface area is 127 Å². The molecule has 0 saturated heterocycles. The highest BCUT2D eigenvalue weighted by atomic mass is 79.9. The molecular weight excluding hydrogens is 351 g/mol. The normalized spacial score (nSPS) is 11.4. The summed E-state index contributed by atoms with van der Waals surface area (Å²) in [7, 11) is 0. The average Bonchev–Trinajstić information content (AvgIpc) is 2.83. The average molecular weight is 362 g/mol. The van der Waals surface area contributed by atoms with Gasteiger partial charge >= 0.3 is 6.18 Å². The number of aromatic nitrogens is 2. The van der Waals surface area contributed by atoms with E-state index in [9.17, 15) is 18.0 Å². The van der Waals surface area contributed by atoms with E-state index in [1.807, 2.05) is 0 Å². The van der Waals surface area contributed by atoms with Gasteiger partial charge in [0.25, 0.3) is 5.91 Å². The molecule has 0 fully saturated rings. The smallest absolute Gasteiger partial charge is 0.350 e. The van der Waals surface area contributed by atoms with Crippen molar-refractivity contribution in [2.45, 2.75) is 12.7 Å². The molecule has 0 bridgehead atoms. The van der Waals surface area contributed by atoms with Gasteiger partial charge in [0.2, 0.25) is 0 Å². The number of rotatable bonds is 4. The quantitative estimate of drug-likeness (QED) is 0.909. The van der Waals surface area contributed by atoms with E-state index in [4.69, 9.17) is 0 Å². The second-order valence-corrected chi connectivity index (χ2v) is 5.17. The SMILES string of the molecule is O=C(NCCn1cc(Br)cn1)c1cccc(C(F)(F)F)c1. The molecule has 1 amide bonds. The van der Waals surface area contributed by atoms with Crippen molar-refractivity contribution in [2.75, 3.05) is 6.54 Å². The van der Waals surface area contributed by atoms with Crippen LogP contribution in [-0.2, 0) is 12.7 Å². The van der Waals surface area contributed by atoms with Crippen LogP contribution < -0.4 is 5.32 Å². The zero-order valence-corrected chi connectivity index (χ0v) is 12.3. The third-order valence-corrected chi connectivity index (χ3v) is 3.09. The Morgan fingerprint density at radius 1 is 1.38 bits per heavy atom. The van der Waals surface area contributed by atoms with Crippen LogP contribution in [0.2, 0.25) is 0 Å². The Morgan fingerprint density at radius 2 is 2.14 bits per heavy atom. The Balaban J connectivity index is 1.94.